The van der Waals surface area contributed by atoms with Crippen LogP contribution in [0.5, 0.6) is 0 Å². The second-order valence-corrected chi connectivity index (χ2v) is 3.60. The minimum absolute atomic E-state index is 0.184. The first-order valence-corrected chi connectivity index (χ1v) is 3.63. The van der Waals surface area contributed by atoms with E-state index in [9.17, 15) is 0 Å². The molecule has 0 aromatic rings. The van der Waals surface area contributed by atoms with Crippen LogP contribution in [0.2, 0.25) is 0 Å². The lowest BCUT2D eigenvalue weighted by molar-refractivity contribution is 0.324. The summed E-state index contributed by atoms with van der Waals surface area (Å²) in [6.07, 6.45) is 0.806. The lowest BCUT2D eigenvalue weighted by atomic mass is 9.86. The molecule has 0 radical (unpaired) electrons. The van der Waals surface area contributed by atoms with Crippen LogP contribution in [0.25, 0.3) is 0 Å². The van der Waals surface area contributed by atoms with Crippen LogP contribution in [0.3, 0.4) is 0 Å². The Balaban J connectivity index is 3.81. The van der Waals surface area contributed by atoms with Gasteiger partial charge >= 0.3 is 0 Å². The predicted molar refractivity (Wildman–Crippen MR) is 45.5 cm³/mol. The minimum atomic E-state index is 0.184. The molecule has 0 aromatic carbocycles. The molecule has 0 spiro atoms. The van der Waals surface area contributed by atoms with Crippen LogP contribution < -0.4 is 5.73 Å². The molecule has 1 heteroatoms. The van der Waals surface area contributed by atoms with Crippen LogP contribution in [0.1, 0.15) is 34.1 Å². The van der Waals surface area contributed by atoms with Crippen molar-refractivity contribution in [2.75, 3.05) is 0 Å². The van der Waals surface area contributed by atoms with E-state index in [-0.39, 0.29) is 11.5 Å². The summed E-state index contributed by atoms with van der Waals surface area (Å²) in [7, 11) is 0. The lowest BCUT2D eigenvalue weighted by Gasteiger charge is -2.24. The Morgan fingerprint density at radius 3 is 2.20 bits per heavy atom. The number of rotatable bonds is 1. The zero-order chi connectivity index (χ0) is 8.20. The fourth-order valence-corrected chi connectivity index (χ4v) is 0.518. The zero-order valence-electron chi connectivity index (χ0n) is 7.36. The largest absolute Gasteiger partial charge is 0.326 e. The van der Waals surface area contributed by atoms with Crippen LogP contribution in [0.4, 0.5) is 0 Å². The summed E-state index contributed by atoms with van der Waals surface area (Å²) in [5.74, 6) is 5.82. The maximum atomic E-state index is 5.83. The number of hydrogen-bond donors (Lipinski definition) is 1. The Morgan fingerprint density at radius 1 is 1.40 bits per heavy atom. The maximum absolute atomic E-state index is 5.83. The highest BCUT2D eigenvalue weighted by Gasteiger charge is 2.18. The van der Waals surface area contributed by atoms with E-state index in [0.717, 1.165) is 6.42 Å². The Labute approximate surface area is 64.0 Å². The molecular weight excluding hydrogens is 122 g/mol. The van der Waals surface area contributed by atoms with Gasteiger partial charge in [-0.3, -0.25) is 0 Å². The van der Waals surface area contributed by atoms with Gasteiger partial charge in [0.1, 0.15) is 0 Å². The molecule has 0 saturated heterocycles. The summed E-state index contributed by atoms with van der Waals surface area (Å²) in [5.41, 5.74) is 6.02. The Bertz CT molecular complexity index is 142. The van der Waals surface area contributed by atoms with E-state index in [4.69, 9.17) is 5.73 Å². The monoisotopic (exact) mass is 139 g/mol. The molecule has 1 nitrogen and oxygen atoms in total. The second-order valence-electron chi connectivity index (χ2n) is 3.60. The molecule has 1 unspecified atom stereocenters. The highest BCUT2D eigenvalue weighted by atomic mass is 14.7. The van der Waals surface area contributed by atoms with Crippen molar-refractivity contribution in [3.63, 3.8) is 0 Å². The molecule has 10 heavy (non-hydrogen) atoms. The van der Waals surface area contributed by atoms with E-state index in [1.165, 1.54) is 0 Å². The molecule has 0 rings (SSSR count). The van der Waals surface area contributed by atoms with Gasteiger partial charge in [0.15, 0.2) is 0 Å². The van der Waals surface area contributed by atoms with E-state index in [1.807, 2.05) is 6.92 Å². The van der Waals surface area contributed by atoms with Gasteiger partial charge in [0.05, 0.1) is 0 Å². The molecular formula is C9H17N. The first-order chi connectivity index (χ1) is 4.48. The van der Waals surface area contributed by atoms with Crippen LogP contribution in [-0.2, 0) is 0 Å². The molecule has 0 saturated carbocycles. The predicted octanol–water partition coefficient (Wildman–Crippen LogP) is 1.77. The van der Waals surface area contributed by atoms with Crippen LogP contribution >= 0.6 is 0 Å². The summed E-state index contributed by atoms with van der Waals surface area (Å²) in [5, 5.41) is 0. The normalized spacial score (nSPS) is 13.7. The summed E-state index contributed by atoms with van der Waals surface area (Å²) in [4.78, 5) is 0. The topological polar surface area (TPSA) is 26.0 Å². The van der Waals surface area contributed by atoms with Crippen molar-refractivity contribution in [1.82, 2.24) is 0 Å². The van der Waals surface area contributed by atoms with E-state index in [2.05, 4.69) is 32.6 Å². The van der Waals surface area contributed by atoms with Crippen molar-refractivity contribution in [2.24, 2.45) is 11.1 Å². The van der Waals surface area contributed by atoms with Gasteiger partial charge in [-0.1, -0.05) is 20.8 Å². The van der Waals surface area contributed by atoms with Gasteiger partial charge < -0.3 is 5.73 Å². The molecule has 0 aliphatic heterocycles. The minimum Gasteiger partial charge on any atom is -0.326 e. The Hall–Kier alpha value is -0.480. The third kappa shape index (κ3) is 3.53. The van der Waals surface area contributed by atoms with Gasteiger partial charge in [-0.2, -0.15) is 0 Å². The summed E-state index contributed by atoms with van der Waals surface area (Å²) >= 11 is 0. The molecule has 0 fully saturated rings. The third-order valence-corrected chi connectivity index (χ3v) is 1.61. The maximum Gasteiger partial charge on any atom is 0.0246 e. The van der Waals surface area contributed by atoms with Gasteiger partial charge in [-0.15, -0.1) is 11.8 Å². The van der Waals surface area contributed by atoms with E-state index in [1.54, 1.807) is 0 Å². The number of hydrogen-bond acceptors (Lipinski definition) is 1. The van der Waals surface area contributed by atoms with E-state index < -0.39 is 0 Å². The first kappa shape index (κ1) is 9.52. The molecule has 0 heterocycles. The van der Waals surface area contributed by atoms with Gasteiger partial charge in [-0.25, -0.2) is 0 Å². The van der Waals surface area contributed by atoms with Gasteiger partial charge in [-0.05, 0) is 12.3 Å². The Kier molecular flexibility index (Phi) is 3.46. The SMILES string of the molecule is CC#CCC(N)C(C)(C)C. The van der Waals surface area contributed by atoms with E-state index >= 15 is 0 Å². The highest BCUT2D eigenvalue weighted by molar-refractivity contribution is 4.99. The molecule has 0 bridgehead atoms. The van der Waals surface area contributed by atoms with Crippen LogP contribution in [0.15, 0.2) is 0 Å². The third-order valence-electron chi connectivity index (χ3n) is 1.61. The van der Waals surface area contributed by atoms with Crippen molar-refractivity contribution >= 4 is 0 Å². The fourth-order valence-electron chi connectivity index (χ4n) is 0.518. The molecule has 0 aliphatic carbocycles. The van der Waals surface area contributed by atoms with Crippen LogP contribution in [-0.4, -0.2) is 6.04 Å². The molecule has 0 amide bonds. The molecule has 0 aromatic heterocycles. The number of nitrogens with two attached hydrogens (primary N) is 1. The first-order valence-electron chi connectivity index (χ1n) is 3.63. The summed E-state index contributed by atoms with van der Waals surface area (Å²) < 4.78 is 0. The smallest absolute Gasteiger partial charge is 0.0246 e. The molecule has 0 aliphatic rings. The fraction of sp³-hybridized carbons (Fsp3) is 0.778. The average molecular weight is 139 g/mol. The average Bonchev–Trinajstić information content (AvgIpc) is 1.80. The summed E-state index contributed by atoms with van der Waals surface area (Å²) in [6, 6.07) is 0.194. The molecule has 2 N–H and O–H groups in total. The second kappa shape index (κ2) is 3.63. The highest BCUT2D eigenvalue weighted by Crippen LogP contribution is 2.18. The van der Waals surface area contributed by atoms with Crippen LogP contribution in [0, 0.1) is 17.3 Å². The van der Waals surface area contributed by atoms with Crippen molar-refractivity contribution in [3.05, 3.63) is 0 Å². The van der Waals surface area contributed by atoms with Gasteiger partial charge in [0.2, 0.25) is 0 Å². The quantitative estimate of drug-likeness (QED) is 0.550. The van der Waals surface area contributed by atoms with E-state index in [0.29, 0.717) is 0 Å². The van der Waals surface area contributed by atoms with Crippen molar-refractivity contribution < 1.29 is 0 Å². The Morgan fingerprint density at radius 2 is 1.90 bits per heavy atom. The summed E-state index contributed by atoms with van der Waals surface area (Å²) in [6.45, 7) is 8.24. The van der Waals surface area contributed by atoms with Gasteiger partial charge in [0.25, 0.3) is 0 Å². The van der Waals surface area contributed by atoms with Crippen molar-refractivity contribution in [2.45, 2.75) is 40.2 Å². The van der Waals surface area contributed by atoms with Gasteiger partial charge in [0, 0.05) is 12.5 Å². The molecule has 58 valence electrons. The molecule has 1 atom stereocenters. The lowest BCUT2D eigenvalue weighted by Crippen LogP contribution is -2.34. The van der Waals surface area contributed by atoms with Crippen molar-refractivity contribution in [1.29, 1.82) is 0 Å². The zero-order valence-corrected chi connectivity index (χ0v) is 7.36. The standard InChI is InChI=1S/C9H17N/c1-5-6-7-8(10)9(2,3)4/h8H,7,10H2,1-4H3. The van der Waals surface area contributed by atoms with Crippen molar-refractivity contribution in [3.8, 4) is 11.8 Å².